The number of hydrogen-bond donors (Lipinski definition) is 0. The normalized spacial score (nSPS) is 39.7. The van der Waals surface area contributed by atoms with Crippen LogP contribution in [0.15, 0.2) is 60.2 Å². The molecule has 1 aliphatic carbocycles. The predicted octanol–water partition coefficient (Wildman–Crippen LogP) is 3.72. The van der Waals surface area contributed by atoms with Crippen molar-refractivity contribution >= 4 is 17.3 Å². The molecule has 1 spiro atoms. The van der Waals surface area contributed by atoms with Crippen molar-refractivity contribution in [2.45, 2.75) is 49.4 Å². The van der Waals surface area contributed by atoms with Crippen LogP contribution in [0, 0.1) is 22.0 Å². The molecular formula is C28H28N3O4+. The smallest absolute Gasteiger partial charge is 0.269 e. The molecule has 7 nitrogen and oxygen atoms in total. The number of nitrogens with zero attached hydrogens (tertiary/aromatic N) is 3. The fourth-order valence-electron chi connectivity index (χ4n) is 9.29. The maximum absolute atomic E-state index is 13.6. The molecule has 2 aromatic rings. The highest BCUT2D eigenvalue weighted by molar-refractivity contribution is 5.99. The van der Waals surface area contributed by atoms with Gasteiger partial charge >= 0.3 is 0 Å². The highest BCUT2D eigenvalue weighted by Crippen LogP contribution is 2.67. The molecular weight excluding hydrogens is 442 g/mol. The van der Waals surface area contributed by atoms with E-state index < -0.39 is 0 Å². The molecule has 2 bridgehead atoms. The fourth-order valence-corrected chi connectivity index (χ4v) is 9.29. The van der Waals surface area contributed by atoms with Crippen molar-refractivity contribution in [2.24, 2.45) is 11.8 Å². The number of benzene rings is 2. The summed E-state index contributed by atoms with van der Waals surface area (Å²) >= 11 is 0. The molecule has 4 fully saturated rings. The van der Waals surface area contributed by atoms with Gasteiger partial charge in [0.15, 0.2) is 0 Å². The van der Waals surface area contributed by atoms with Crippen molar-refractivity contribution in [3.63, 3.8) is 0 Å². The van der Waals surface area contributed by atoms with Crippen molar-refractivity contribution in [2.75, 3.05) is 24.6 Å². The largest absolute Gasteiger partial charge is 0.373 e. The van der Waals surface area contributed by atoms with Crippen LogP contribution in [0.3, 0.4) is 0 Å². The third kappa shape index (κ3) is 2.36. The van der Waals surface area contributed by atoms with Gasteiger partial charge in [0.25, 0.3) is 5.69 Å². The molecule has 8 rings (SSSR count). The van der Waals surface area contributed by atoms with Crippen molar-refractivity contribution < 1.29 is 18.9 Å². The van der Waals surface area contributed by atoms with E-state index in [0.29, 0.717) is 30.9 Å². The van der Waals surface area contributed by atoms with E-state index in [0.717, 1.165) is 48.2 Å². The van der Waals surface area contributed by atoms with E-state index in [1.54, 1.807) is 12.1 Å². The molecule has 7 atom stereocenters. The molecule has 6 aliphatic rings. The second kappa shape index (κ2) is 6.59. The number of amides is 1. The first-order valence-electron chi connectivity index (χ1n) is 12.8. The van der Waals surface area contributed by atoms with Crippen LogP contribution in [-0.4, -0.2) is 53.2 Å². The topological polar surface area (TPSA) is 72.7 Å². The Morgan fingerprint density at radius 1 is 1.17 bits per heavy atom. The number of ether oxygens (including phenoxy) is 1. The zero-order valence-corrected chi connectivity index (χ0v) is 19.5. The highest BCUT2D eigenvalue weighted by atomic mass is 16.6. The quantitative estimate of drug-likeness (QED) is 0.297. The first kappa shape index (κ1) is 20.2. The van der Waals surface area contributed by atoms with Crippen LogP contribution in [0.2, 0.25) is 0 Å². The zero-order chi connectivity index (χ0) is 23.5. The standard InChI is InChI=1S/C28H28N3O4/c32-25-14-23-26-20-13-24-28(21-3-1-2-4-22(21)29(25)27(26)28)10-11-31(24,16-18(20)9-12-35-23)15-17-5-7-19(8-6-17)30(33)34/h1-9,20,23-24,26-27H,10-16H2/q+1/t20-,23-,24?,26?,27?,28+,31?/m0/s1. The predicted molar refractivity (Wildman–Crippen MR) is 129 cm³/mol. The lowest BCUT2D eigenvalue weighted by atomic mass is 9.53. The summed E-state index contributed by atoms with van der Waals surface area (Å²) in [5.74, 6) is 1.03. The van der Waals surface area contributed by atoms with Gasteiger partial charge in [0.05, 0.1) is 42.1 Å². The van der Waals surface area contributed by atoms with Crippen LogP contribution in [-0.2, 0) is 21.5 Å². The number of fused-ring (bicyclic) bond motifs is 2. The van der Waals surface area contributed by atoms with E-state index in [9.17, 15) is 14.9 Å². The van der Waals surface area contributed by atoms with Gasteiger partial charge in [-0.3, -0.25) is 14.9 Å². The van der Waals surface area contributed by atoms with E-state index in [4.69, 9.17) is 4.74 Å². The molecule has 1 saturated carbocycles. The molecule has 0 radical (unpaired) electrons. The van der Waals surface area contributed by atoms with Crippen LogP contribution >= 0.6 is 0 Å². The molecule has 1 amide bonds. The number of nitro benzene ring substituents is 1. The summed E-state index contributed by atoms with van der Waals surface area (Å²) < 4.78 is 7.36. The number of hydrogen-bond acceptors (Lipinski definition) is 4. The lowest BCUT2D eigenvalue weighted by Gasteiger charge is -2.60. The van der Waals surface area contributed by atoms with E-state index in [2.05, 4.69) is 35.2 Å². The van der Waals surface area contributed by atoms with Crippen molar-refractivity contribution in [1.82, 2.24) is 0 Å². The zero-order valence-electron chi connectivity index (χ0n) is 19.5. The molecule has 178 valence electrons. The number of piperidine rings is 2. The molecule has 35 heavy (non-hydrogen) atoms. The Hall–Kier alpha value is -3.03. The molecule has 2 aromatic carbocycles. The number of carbonyl (C=O) groups excluding carboxylic acids is 1. The third-order valence-corrected chi connectivity index (χ3v) is 10.4. The van der Waals surface area contributed by atoms with Gasteiger partial charge in [-0.15, -0.1) is 0 Å². The SMILES string of the molecule is O=C1C[C@@H]2OCC=C3C[N+]4(Cc5ccc([N+](=O)[O-])cc5)CC[C@]56c7ccccc7N1C5C2[C@H]3CC64. The summed E-state index contributed by atoms with van der Waals surface area (Å²) in [6, 6.07) is 16.4. The Labute approximate surface area is 203 Å². The number of para-hydroxylation sites is 1. The van der Waals surface area contributed by atoms with Crippen LogP contribution in [0.4, 0.5) is 11.4 Å². The van der Waals surface area contributed by atoms with Gasteiger partial charge in [-0.05, 0) is 35.3 Å². The average Bonchev–Trinajstić information content (AvgIpc) is 3.29. The average molecular weight is 471 g/mol. The van der Waals surface area contributed by atoms with Crippen molar-refractivity contribution in [3.05, 3.63) is 81.4 Å². The summed E-state index contributed by atoms with van der Waals surface area (Å²) in [6.07, 6.45) is 5.01. The number of carbonyl (C=O) groups is 1. The van der Waals surface area contributed by atoms with Gasteiger partial charge in [-0.25, -0.2) is 0 Å². The summed E-state index contributed by atoms with van der Waals surface area (Å²) in [5, 5.41) is 11.2. The van der Waals surface area contributed by atoms with E-state index >= 15 is 0 Å². The minimum Gasteiger partial charge on any atom is -0.373 e. The van der Waals surface area contributed by atoms with Gasteiger partial charge in [0.2, 0.25) is 5.91 Å². The maximum atomic E-state index is 13.6. The van der Waals surface area contributed by atoms with Gasteiger partial charge in [0, 0.05) is 42.1 Å². The molecule has 5 aliphatic heterocycles. The van der Waals surface area contributed by atoms with Crippen molar-refractivity contribution in [1.29, 1.82) is 0 Å². The second-order valence-electron chi connectivity index (χ2n) is 11.5. The Kier molecular flexibility index (Phi) is 3.80. The van der Waals surface area contributed by atoms with E-state index in [-0.39, 0.29) is 34.1 Å². The number of anilines is 1. The molecule has 3 saturated heterocycles. The van der Waals surface area contributed by atoms with Crippen LogP contribution in [0.5, 0.6) is 0 Å². The number of quaternary nitrogens is 1. The van der Waals surface area contributed by atoms with Gasteiger partial charge < -0.3 is 14.1 Å². The molecule has 0 N–H and O–H groups in total. The van der Waals surface area contributed by atoms with Crippen molar-refractivity contribution in [3.8, 4) is 0 Å². The Morgan fingerprint density at radius 3 is 2.83 bits per heavy atom. The number of rotatable bonds is 3. The molecule has 4 unspecified atom stereocenters. The maximum Gasteiger partial charge on any atom is 0.269 e. The monoisotopic (exact) mass is 470 g/mol. The number of nitro groups is 1. The molecule has 0 aromatic heterocycles. The van der Waals surface area contributed by atoms with Crippen LogP contribution in [0.25, 0.3) is 0 Å². The fraction of sp³-hybridized carbons (Fsp3) is 0.464. The van der Waals surface area contributed by atoms with Crippen LogP contribution < -0.4 is 4.90 Å². The lowest BCUT2D eigenvalue weighted by molar-refractivity contribution is -0.955. The lowest BCUT2D eigenvalue weighted by Crippen LogP contribution is -2.72. The summed E-state index contributed by atoms with van der Waals surface area (Å²) in [7, 11) is 0. The van der Waals surface area contributed by atoms with E-state index in [1.165, 1.54) is 11.1 Å². The third-order valence-electron chi connectivity index (χ3n) is 10.4. The van der Waals surface area contributed by atoms with E-state index in [1.807, 2.05) is 12.1 Å². The molecule has 7 heteroatoms. The number of non-ortho nitro benzene ring substituents is 1. The summed E-state index contributed by atoms with van der Waals surface area (Å²) in [5.41, 5.74) is 5.24. The Balaban J connectivity index is 1.31. The van der Waals surface area contributed by atoms with Crippen LogP contribution in [0.1, 0.15) is 30.4 Å². The Morgan fingerprint density at radius 2 is 2.00 bits per heavy atom. The van der Waals surface area contributed by atoms with Gasteiger partial charge in [0.1, 0.15) is 19.1 Å². The summed E-state index contributed by atoms with van der Waals surface area (Å²) in [4.78, 5) is 26.6. The minimum absolute atomic E-state index is 0.00455. The highest BCUT2D eigenvalue weighted by Gasteiger charge is 2.75. The minimum atomic E-state index is -0.329. The second-order valence-corrected chi connectivity index (χ2v) is 11.5. The molecule has 5 heterocycles. The summed E-state index contributed by atoms with van der Waals surface area (Å²) in [6.45, 7) is 3.54. The van der Waals surface area contributed by atoms with Gasteiger partial charge in [-0.1, -0.05) is 24.3 Å². The first-order chi connectivity index (χ1) is 17.0. The first-order valence-corrected chi connectivity index (χ1v) is 12.8. The Bertz CT molecular complexity index is 1320. The van der Waals surface area contributed by atoms with Gasteiger partial charge in [-0.2, -0.15) is 0 Å².